The number of ether oxygens (including phenoxy) is 1. The van der Waals surface area contributed by atoms with Gasteiger partial charge in [-0.2, -0.15) is 0 Å². The molecular formula is C15H17N3O. The molecule has 1 aromatic heterocycles. The average molecular weight is 255 g/mol. The summed E-state index contributed by atoms with van der Waals surface area (Å²) in [6, 6.07) is 9.80. The zero-order valence-corrected chi connectivity index (χ0v) is 10.7. The van der Waals surface area contributed by atoms with Gasteiger partial charge in [-0.15, -0.1) is 0 Å². The van der Waals surface area contributed by atoms with E-state index in [-0.39, 0.29) is 6.04 Å². The van der Waals surface area contributed by atoms with Gasteiger partial charge in [-0.1, -0.05) is 18.2 Å². The highest BCUT2D eigenvalue weighted by Crippen LogP contribution is 2.25. The van der Waals surface area contributed by atoms with Crippen LogP contribution in [0, 0.1) is 0 Å². The topological polar surface area (TPSA) is 61.0 Å². The minimum absolute atomic E-state index is 0.0906. The monoisotopic (exact) mass is 255 g/mol. The van der Waals surface area contributed by atoms with Crippen molar-refractivity contribution in [3.63, 3.8) is 0 Å². The summed E-state index contributed by atoms with van der Waals surface area (Å²) in [5, 5.41) is 0. The van der Waals surface area contributed by atoms with E-state index < -0.39 is 0 Å². The zero-order chi connectivity index (χ0) is 13.1. The van der Waals surface area contributed by atoms with E-state index in [1.54, 1.807) is 0 Å². The van der Waals surface area contributed by atoms with Gasteiger partial charge >= 0.3 is 0 Å². The molecule has 19 heavy (non-hydrogen) atoms. The second-order valence-electron chi connectivity index (χ2n) is 4.79. The van der Waals surface area contributed by atoms with Gasteiger partial charge in [-0.3, -0.25) is 0 Å². The Morgan fingerprint density at radius 2 is 2.11 bits per heavy atom. The van der Waals surface area contributed by atoms with E-state index in [9.17, 15) is 0 Å². The van der Waals surface area contributed by atoms with Crippen molar-refractivity contribution in [3.05, 3.63) is 53.6 Å². The van der Waals surface area contributed by atoms with Crippen LogP contribution >= 0.6 is 0 Å². The fourth-order valence-corrected chi connectivity index (χ4v) is 2.36. The molecule has 1 atom stereocenters. The maximum atomic E-state index is 6.05. The minimum atomic E-state index is 0.0906. The van der Waals surface area contributed by atoms with Crippen molar-refractivity contribution in [2.24, 2.45) is 5.73 Å². The van der Waals surface area contributed by atoms with Gasteiger partial charge in [0, 0.05) is 23.5 Å². The molecule has 0 bridgehead atoms. The molecule has 1 aliphatic rings. The van der Waals surface area contributed by atoms with Gasteiger partial charge in [-0.05, 0) is 31.4 Å². The van der Waals surface area contributed by atoms with Gasteiger partial charge in [0.1, 0.15) is 12.4 Å². The Hall–Kier alpha value is -1.94. The van der Waals surface area contributed by atoms with Gasteiger partial charge < -0.3 is 10.5 Å². The Kier molecular flexibility index (Phi) is 3.42. The molecule has 1 unspecified atom stereocenters. The maximum Gasteiger partial charge on any atom is 0.166 e. The standard InChI is InChI=1S/C15H17N3O/c16-13-7-4-8-14-12(13)9-17-15(18-14)10-19-11-5-2-1-3-6-11/h1-3,5-6,9,13H,4,7-8,10,16H2. The second-order valence-corrected chi connectivity index (χ2v) is 4.79. The Bertz CT molecular complexity index is 557. The number of nitrogens with zero attached hydrogens (tertiary/aromatic N) is 2. The van der Waals surface area contributed by atoms with E-state index in [2.05, 4.69) is 9.97 Å². The normalized spacial score (nSPS) is 17.8. The molecular weight excluding hydrogens is 238 g/mol. The Morgan fingerprint density at radius 1 is 1.26 bits per heavy atom. The van der Waals surface area contributed by atoms with Crippen LogP contribution in [-0.4, -0.2) is 9.97 Å². The van der Waals surface area contributed by atoms with Crippen LogP contribution in [0.1, 0.15) is 36.0 Å². The SMILES string of the molecule is NC1CCCc2nc(COc3ccccc3)ncc21. The number of fused-ring (bicyclic) bond motifs is 1. The van der Waals surface area contributed by atoms with E-state index in [1.807, 2.05) is 36.5 Å². The molecule has 1 aliphatic carbocycles. The van der Waals surface area contributed by atoms with Gasteiger partial charge in [0.15, 0.2) is 5.82 Å². The molecule has 1 heterocycles. The van der Waals surface area contributed by atoms with Crippen molar-refractivity contribution in [2.75, 3.05) is 0 Å². The Morgan fingerprint density at radius 3 is 2.95 bits per heavy atom. The van der Waals surface area contributed by atoms with E-state index in [0.717, 1.165) is 42.1 Å². The average Bonchev–Trinajstić information content (AvgIpc) is 2.46. The molecule has 0 spiro atoms. The minimum Gasteiger partial charge on any atom is -0.486 e. The number of nitrogens with two attached hydrogens (primary N) is 1. The summed E-state index contributed by atoms with van der Waals surface area (Å²) in [5.41, 5.74) is 8.23. The predicted molar refractivity (Wildman–Crippen MR) is 72.7 cm³/mol. The zero-order valence-electron chi connectivity index (χ0n) is 10.7. The first-order valence-electron chi connectivity index (χ1n) is 6.61. The van der Waals surface area contributed by atoms with E-state index in [4.69, 9.17) is 10.5 Å². The molecule has 0 saturated heterocycles. The molecule has 1 aromatic carbocycles. The highest BCUT2D eigenvalue weighted by Gasteiger charge is 2.18. The lowest BCUT2D eigenvalue weighted by atomic mass is 9.93. The summed E-state index contributed by atoms with van der Waals surface area (Å²) >= 11 is 0. The van der Waals surface area contributed by atoms with Crippen LogP contribution in [0.2, 0.25) is 0 Å². The summed E-state index contributed by atoms with van der Waals surface area (Å²) in [4.78, 5) is 8.90. The van der Waals surface area contributed by atoms with Crippen LogP contribution in [0.4, 0.5) is 0 Å². The highest BCUT2D eigenvalue weighted by molar-refractivity contribution is 5.24. The van der Waals surface area contributed by atoms with Gasteiger partial charge in [-0.25, -0.2) is 9.97 Å². The first-order valence-corrected chi connectivity index (χ1v) is 6.61. The molecule has 98 valence electrons. The van der Waals surface area contributed by atoms with Crippen molar-refractivity contribution in [2.45, 2.75) is 31.9 Å². The molecule has 2 N–H and O–H groups in total. The lowest BCUT2D eigenvalue weighted by molar-refractivity contribution is 0.294. The third-order valence-electron chi connectivity index (χ3n) is 3.39. The van der Waals surface area contributed by atoms with Crippen molar-refractivity contribution >= 4 is 0 Å². The molecule has 0 aliphatic heterocycles. The summed E-state index contributed by atoms with van der Waals surface area (Å²) in [6.07, 6.45) is 4.97. The number of hydrogen-bond acceptors (Lipinski definition) is 4. The first kappa shape index (κ1) is 12.1. The lowest BCUT2D eigenvalue weighted by Gasteiger charge is -2.21. The van der Waals surface area contributed by atoms with Crippen molar-refractivity contribution in [3.8, 4) is 5.75 Å². The van der Waals surface area contributed by atoms with Crippen molar-refractivity contribution < 1.29 is 4.74 Å². The van der Waals surface area contributed by atoms with E-state index >= 15 is 0 Å². The maximum absolute atomic E-state index is 6.05. The quantitative estimate of drug-likeness (QED) is 0.914. The van der Waals surface area contributed by atoms with Gasteiger partial charge in [0.25, 0.3) is 0 Å². The van der Waals surface area contributed by atoms with Crippen molar-refractivity contribution in [1.29, 1.82) is 0 Å². The third kappa shape index (κ3) is 2.74. The molecule has 3 rings (SSSR count). The fourth-order valence-electron chi connectivity index (χ4n) is 2.36. The van der Waals surface area contributed by atoms with Crippen LogP contribution < -0.4 is 10.5 Å². The molecule has 4 nitrogen and oxygen atoms in total. The Labute approximate surface area is 112 Å². The lowest BCUT2D eigenvalue weighted by Crippen LogP contribution is -2.20. The summed E-state index contributed by atoms with van der Waals surface area (Å²) in [5.74, 6) is 1.55. The number of benzene rings is 1. The molecule has 2 aromatic rings. The predicted octanol–water partition coefficient (Wildman–Crippen LogP) is 2.39. The number of aryl methyl sites for hydroxylation is 1. The third-order valence-corrected chi connectivity index (χ3v) is 3.39. The highest BCUT2D eigenvalue weighted by atomic mass is 16.5. The molecule has 0 radical (unpaired) electrons. The number of para-hydroxylation sites is 1. The van der Waals surface area contributed by atoms with Gasteiger partial charge in [0.2, 0.25) is 0 Å². The Balaban J connectivity index is 1.72. The number of aromatic nitrogens is 2. The van der Waals surface area contributed by atoms with Crippen LogP contribution in [0.3, 0.4) is 0 Å². The largest absolute Gasteiger partial charge is 0.486 e. The van der Waals surface area contributed by atoms with E-state index in [1.165, 1.54) is 0 Å². The smallest absolute Gasteiger partial charge is 0.166 e. The molecule has 4 heteroatoms. The van der Waals surface area contributed by atoms with Crippen LogP contribution in [0.5, 0.6) is 5.75 Å². The van der Waals surface area contributed by atoms with Crippen LogP contribution in [-0.2, 0) is 13.0 Å². The second kappa shape index (κ2) is 5.36. The molecule has 0 saturated carbocycles. The van der Waals surface area contributed by atoms with Gasteiger partial charge in [0.05, 0.1) is 0 Å². The van der Waals surface area contributed by atoms with Crippen molar-refractivity contribution in [1.82, 2.24) is 9.97 Å². The van der Waals surface area contributed by atoms with E-state index in [0.29, 0.717) is 6.61 Å². The first-order chi connectivity index (χ1) is 9.33. The number of hydrogen-bond donors (Lipinski definition) is 1. The molecule has 0 fully saturated rings. The number of rotatable bonds is 3. The van der Waals surface area contributed by atoms with Crippen LogP contribution in [0.15, 0.2) is 36.5 Å². The summed E-state index contributed by atoms with van der Waals surface area (Å²) < 4.78 is 5.65. The summed E-state index contributed by atoms with van der Waals surface area (Å²) in [6.45, 7) is 0.395. The van der Waals surface area contributed by atoms with Crippen LogP contribution in [0.25, 0.3) is 0 Å². The summed E-state index contributed by atoms with van der Waals surface area (Å²) in [7, 11) is 0. The fraction of sp³-hybridized carbons (Fsp3) is 0.333. The molecule has 0 amide bonds.